The predicted octanol–water partition coefficient (Wildman–Crippen LogP) is -5.28. The van der Waals surface area contributed by atoms with E-state index in [9.17, 15) is 114 Å². The van der Waals surface area contributed by atoms with Gasteiger partial charge in [0.25, 0.3) is 0 Å². The fourth-order valence-corrected chi connectivity index (χ4v) is 7.49. The van der Waals surface area contributed by atoms with Crippen molar-refractivity contribution >= 4 is 97.3 Å². The van der Waals surface area contributed by atoms with Gasteiger partial charge in [-0.15, -0.1) is 0 Å². The van der Waals surface area contributed by atoms with Crippen molar-refractivity contribution in [3.63, 3.8) is 0 Å². The molecule has 0 amide bonds. The zero-order chi connectivity index (χ0) is 36.3. The van der Waals surface area contributed by atoms with Crippen LogP contribution in [-0.4, -0.2) is 0 Å². The van der Waals surface area contributed by atoms with E-state index >= 15 is 0 Å². The molecule has 0 bridgehead atoms. The molecule has 0 aromatic carbocycles. The van der Waals surface area contributed by atoms with Gasteiger partial charge in [-0.3, -0.25) is 18.3 Å². The van der Waals surface area contributed by atoms with Crippen LogP contribution in [0.15, 0.2) is 0 Å². The summed E-state index contributed by atoms with van der Waals surface area (Å²) >= 11 is 0. The fourth-order valence-electron chi connectivity index (χ4n) is 0.713. The minimum atomic E-state index is -5.25. The molecule has 0 aliphatic heterocycles. The third-order valence-electron chi connectivity index (χ3n) is 1.33. The molecule has 8 unspecified atom stereocenters. The van der Waals surface area contributed by atoms with E-state index in [1.165, 1.54) is 0 Å². The first kappa shape index (κ1) is 68.9. The average Bonchev–Trinajstić information content (AvgIpc) is 2.59. The molecule has 47 heteroatoms. The van der Waals surface area contributed by atoms with E-state index < -0.39 is 97.3 Å². The van der Waals surface area contributed by atoms with Gasteiger partial charge in [-0.1, -0.05) is 41.9 Å². The molecule has 8 atom stereocenters. The van der Waals surface area contributed by atoms with Crippen LogP contribution in [0.5, 0.6) is 0 Å². The molecular formula is CH4O32P12W3-4. The van der Waals surface area contributed by atoms with Crippen LogP contribution in [-0.2, 0) is 152 Å². The van der Waals surface area contributed by atoms with Gasteiger partial charge in [-0.05, 0) is 36.5 Å². The Morgan fingerprint density at radius 2 is 0.354 bits per heavy atom. The van der Waals surface area contributed by atoms with Crippen LogP contribution in [0.3, 0.4) is 0 Å². The first-order valence-electron chi connectivity index (χ1n) is 7.30. The Morgan fingerprint density at radius 3 is 0.396 bits per heavy atom. The minimum absolute atomic E-state index is 0. The zero-order valence-electron chi connectivity index (χ0n) is 19.7. The maximum absolute atomic E-state index is 10.1. The maximum Gasteiger partial charge on any atom is 0.496 e. The molecule has 32 nitrogen and oxygen atoms in total. The molecule has 0 spiro atoms. The second-order valence-corrected chi connectivity index (χ2v) is 16.6. The van der Waals surface area contributed by atoms with Crippen molar-refractivity contribution in [3.05, 3.63) is 0 Å². The summed E-state index contributed by atoms with van der Waals surface area (Å²) in [5, 5.41) is 0. The largest absolute Gasteiger partial charge is 0.750 e. The van der Waals surface area contributed by atoms with Gasteiger partial charge >= 0.3 is 97.3 Å². The Hall–Kier alpha value is 2.98. The van der Waals surface area contributed by atoms with E-state index in [1.54, 1.807) is 0 Å². The molecule has 0 aliphatic rings. The van der Waals surface area contributed by atoms with E-state index in [2.05, 4.69) is 34.5 Å². The summed E-state index contributed by atoms with van der Waals surface area (Å²) in [6, 6.07) is 0. The number of phosphoric acid groups is 4. The van der Waals surface area contributed by atoms with Gasteiger partial charge in [0.05, 0.1) is 0 Å². The van der Waals surface area contributed by atoms with Crippen molar-refractivity contribution < 1.29 is 211 Å². The van der Waals surface area contributed by atoms with Crippen molar-refractivity contribution in [2.75, 3.05) is 0 Å². The maximum atomic E-state index is 10.1. The van der Waals surface area contributed by atoms with Crippen molar-refractivity contribution in [2.24, 2.45) is 0 Å². The third-order valence-corrected chi connectivity index (χ3v) is 12.0. The average molecular weight is 1450 g/mol. The van der Waals surface area contributed by atoms with Crippen molar-refractivity contribution in [1.82, 2.24) is 0 Å². The SMILES string of the molecule is C.O=[P+]([O-])OP(=O)([O-])O[P+](=O)[O-].O=[P+]([O-])OP(=O)([O-])O[P+](=O)[O-].O=[P+]([O-])OP(=O)([O-])O[P+](=O)[O-].O=[P+]([O-])OP(=O)([O-])O[P+](=O)[O-].[W].[W].[W]. The summed E-state index contributed by atoms with van der Waals surface area (Å²) < 4.78 is 142. The van der Waals surface area contributed by atoms with Crippen molar-refractivity contribution in [3.8, 4) is 0 Å². The van der Waals surface area contributed by atoms with Crippen LogP contribution in [0.25, 0.3) is 0 Å². The summed E-state index contributed by atoms with van der Waals surface area (Å²) in [5.74, 6) is 0. The van der Waals surface area contributed by atoms with Gasteiger partial charge in [-0.25, -0.2) is 0 Å². The smallest absolute Gasteiger partial charge is 0.496 e. The van der Waals surface area contributed by atoms with Crippen LogP contribution in [0.1, 0.15) is 7.43 Å². The van der Waals surface area contributed by atoms with E-state index in [0.29, 0.717) is 0 Å². The van der Waals surface area contributed by atoms with Crippen molar-refractivity contribution in [2.45, 2.75) is 7.43 Å². The summed E-state index contributed by atoms with van der Waals surface area (Å²) in [5.41, 5.74) is 0. The standard InChI is InChI=1S/CH4.4HO8P3.3W/c;4*1-9(2)7-11(5,6)8-10(3)4;;;/h1H4;4*(H,5,6);;;/p-4. The van der Waals surface area contributed by atoms with Crippen LogP contribution >= 0.6 is 97.3 Å². The van der Waals surface area contributed by atoms with Gasteiger partial charge in [0.2, 0.25) is 0 Å². The fraction of sp³-hybridized carbons (Fsp3) is 1.00. The van der Waals surface area contributed by atoms with E-state index in [1.807, 2.05) is 0 Å². The second-order valence-electron chi connectivity index (χ2n) is 4.23. The number of hydrogen-bond acceptors (Lipinski definition) is 32. The molecular weight excluding hydrogens is 1450 g/mol. The van der Waals surface area contributed by atoms with Crippen LogP contribution in [0.2, 0.25) is 0 Å². The molecule has 48 heavy (non-hydrogen) atoms. The normalized spacial score (nSPS) is 17.2. The summed E-state index contributed by atoms with van der Waals surface area (Å²) in [7, 11) is -50.5. The molecule has 0 rings (SSSR count). The monoisotopic (exact) mass is 1450 g/mol. The molecule has 0 fully saturated rings. The Kier molecular flexibility index (Phi) is 49.5. The quantitative estimate of drug-likeness (QED) is 0.130. The van der Waals surface area contributed by atoms with Gasteiger partial charge in [0.1, 0.15) is 0 Å². The Labute approximate surface area is 314 Å². The summed E-state index contributed by atoms with van der Waals surface area (Å²) in [6.07, 6.45) is 0. The second kappa shape index (κ2) is 34.5. The third kappa shape index (κ3) is 61.0. The Bertz CT molecular complexity index is 997. The molecule has 0 heterocycles. The van der Waals surface area contributed by atoms with E-state index in [0.717, 1.165) is 0 Å². The van der Waals surface area contributed by atoms with Gasteiger partial charge in [-0.2, -0.15) is 0 Å². The molecule has 0 saturated heterocycles. The summed E-state index contributed by atoms with van der Waals surface area (Å²) in [4.78, 5) is 117. The molecule has 0 radical (unpaired) electrons. The van der Waals surface area contributed by atoms with E-state index in [-0.39, 0.29) is 70.6 Å². The van der Waals surface area contributed by atoms with Crippen LogP contribution in [0.4, 0.5) is 0 Å². The number of hydrogen-bond donors (Lipinski definition) is 0. The first-order valence-corrected chi connectivity index (χ1v) is 21.9. The minimum Gasteiger partial charge on any atom is -0.750 e. The Balaban J connectivity index is -0.0000000721. The first-order chi connectivity index (χ1) is 19.3. The Morgan fingerprint density at radius 1 is 0.292 bits per heavy atom. The molecule has 282 valence electrons. The zero-order valence-corrected chi connectivity index (χ0v) is 39.2. The molecule has 0 saturated carbocycles. The topological polar surface area (TPSA) is 555 Å². The van der Waals surface area contributed by atoms with Gasteiger partial charge in [0, 0.05) is 63.2 Å². The van der Waals surface area contributed by atoms with Gasteiger partial charge < -0.3 is 58.7 Å². The molecule has 0 N–H and O–H groups in total. The van der Waals surface area contributed by atoms with Gasteiger partial charge in [0.15, 0.2) is 0 Å². The molecule has 0 aromatic rings. The van der Waals surface area contributed by atoms with Crippen LogP contribution < -0.4 is 58.7 Å². The van der Waals surface area contributed by atoms with Crippen LogP contribution in [0, 0.1) is 0 Å². The van der Waals surface area contributed by atoms with E-state index in [4.69, 9.17) is 0 Å². The van der Waals surface area contributed by atoms with Crippen molar-refractivity contribution in [1.29, 1.82) is 0 Å². The molecule has 0 aromatic heterocycles. The molecule has 0 aliphatic carbocycles. The predicted molar refractivity (Wildman–Crippen MR) is 107 cm³/mol. The summed E-state index contributed by atoms with van der Waals surface area (Å²) in [6.45, 7) is 0. The number of rotatable bonds is 16.